The van der Waals surface area contributed by atoms with E-state index < -0.39 is 14.1 Å². The molecule has 0 amide bonds. The number of hydrogen-bond donors (Lipinski definition) is 6. The molecule has 15 heterocycles. The smallest absolute Gasteiger partial charge is 0.374 e. The zero-order valence-electron chi connectivity index (χ0n) is 75.4. The van der Waals surface area contributed by atoms with Crippen LogP contribution in [0, 0.1) is 54.8 Å². The molecule has 9 aliphatic heterocycles. The van der Waals surface area contributed by atoms with Gasteiger partial charge in [0, 0.05) is 272 Å². The fourth-order valence-electron chi connectivity index (χ4n) is 20.4. The first-order chi connectivity index (χ1) is 59.4. The molecule has 0 radical (unpaired) electrons. The number of halogens is 1. The molecule has 0 saturated carbocycles. The van der Waals surface area contributed by atoms with Crippen LogP contribution in [0.3, 0.4) is 0 Å². The van der Waals surface area contributed by atoms with Crippen molar-refractivity contribution in [3.63, 3.8) is 0 Å². The molecular weight excluding hydrogens is 1530 g/mol. The third-order valence-corrected chi connectivity index (χ3v) is 26.8. The monoisotopic (exact) mass is 1650 g/mol. The van der Waals surface area contributed by atoms with Crippen LogP contribution in [0.4, 0.5) is 28.7 Å². The number of pyridine rings is 6. The highest BCUT2D eigenvalue weighted by Gasteiger charge is 2.42. The van der Waals surface area contributed by atoms with E-state index >= 15 is 0 Å². The lowest BCUT2D eigenvalue weighted by Gasteiger charge is -2.51. The van der Waals surface area contributed by atoms with Crippen molar-refractivity contribution in [3.8, 4) is 18.2 Å². The molecular formula is C92H121B2ClN24O2. The number of fused-ring (bicyclic) bond motifs is 6. The van der Waals surface area contributed by atoms with Crippen LogP contribution in [0.5, 0.6) is 0 Å². The molecule has 9 saturated heterocycles. The van der Waals surface area contributed by atoms with Crippen LogP contribution in [0.2, 0.25) is 18.8 Å². The molecule has 0 bridgehead atoms. The Morgan fingerprint density at radius 1 is 0.479 bits per heavy atom. The second-order valence-corrected chi connectivity index (χ2v) is 36.7. The average Bonchev–Trinajstić information content (AvgIpc) is 0.957. The summed E-state index contributed by atoms with van der Waals surface area (Å²) in [6.07, 6.45) is 3.62. The predicted molar refractivity (Wildman–Crippen MR) is 488 cm³/mol. The Labute approximate surface area is 725 Å². The number of nitrogens with two attached hydrogens (primary N) is 1. The lowest BCUT2D eigenvalue weighted by atomic mass is 9.82. The first-order valence-electron chi connectivity index (χ1n) is 44.9. The van der Waals surface area contributed by atoms with E-state index in [1.165, 1.54) is 16.7 Å². The maximum Gasteiger partial charge on any atom is 0.374 e. The quantitative estimate of drug-likeness (QED) is 0.0412. The second-order valence-electron chi connectivity index (χ2n) is 36.3. The minimum Gasteiger partial charge on any atom is -0.437 e. The van der Waals surface area contributed by atoms with Crippen LogP contribution >= 0.6 is 11.6 Å². The van der Waals surface area contributed by atoms with Crippen molar-refractivity contribution in [2.45, 2.75) is 168 Å². The lowest BCUT2D eigenvalue weighted by Crippen LogP contribution is -2.65. The van der Waals surface area contributed by atoms with Crippen molar-refractivity contribution >= 4 is 87.1 Å². The van der Waals surface area contributed by atoms with E-state index in [4.69, 9.17) is 36.4 Å². The summed E-state index contributed by atoms with van der Waals surface area (Å²) in [4.78, 5) is 55.1. The summed E-state index contributed by atoms with van der Waals surface area (Å²) in [5, 5.41) is 60.6. The molecule has 29 heteroatoms. The van der Waals surface area contributed by atoms with Gasteiger partial charge in [0.05, 0.1) is 37.4 Å². The number of nitrogens with zero attached hydrogens (tertiary/aromatic N) is 20. The third-order valence-electron chi connectivity index (χ3n) is 26.6. The maximum atomic E-state index is 9.83. The Hall–Kier alpha value is -9.25. The molecule has 9 aliphatic rings. The topological polar surface area (TPSA) is 287 Å². The van der Waals surface area contributed by atoms with Crippen LogP contribution in [0.1, 0.15) is 115 Å². The lowest BCUT2D eigenvalue weighted by molar-refractivity contribution is 0.0316. The van der Waals surface area contributed by atoms with Crippen molar-refractivity contribution in [1.82, 2.24) is 75.1 Å². The summed E-state index contributed by atoms with van der Waals surface area (Å²) in [5.41, 5.74) is 19.9. The zero-order chi connectivity index (χ0) is 87.6. The molecule has 9 fully saturated rings. The average molecular weight is 1660 g/mol. The van der Waals surface area contributed by atoms with Crippen molar-refractivity contribution in [2.75, 3.05) is 162 Å². The van der Waals surface area contributed by atoms with Gasteiger partial charge in [-0.05, 0) is 209 Å². The Bertz CT molecular complexity index is 5480. The number of anilines is 5. The Morgan fingerprint density at radius 3 is 1.21 bits per heavy atom. The number of rotatable bonds is 15. The minimum atomic E-state index is -0.524. The van der Waals surface area contributed by atoms with Gasteiger partial charge in [-0.1, -0.05) is 29.8 Å². The van der Waals surface area contributed by atoms with Crippen molar-refractivity contribution < 1.29 is 14.2 Å². The predicted octanol–water partition coefficient (Wildman–Crippen LogP) is 9.30. The number of aromatic nitrogens is 6. The SMILES string of the molecule is CB(O)N[C@]1(C)CCNC1.[2H]c1ccc2c(N3C[C@@H]4CN(Cc5ccc(Cl)nc5C)CCN4[C@H](C)C3)ccc(C#N)c2n1.[2H]c1ccc2c(N3C[C@@H]4CN(Cc5ccc(N6CC[C@@](C)(N)C6)nc5C)CCN4[C@H](C)C3)ccc(C#N)c2n1.[2H]c1ccc2c(N3C[C@@H]4CN(Cc5ccc(N6CC[C@@](C)(NB(C)O)C6)nc5C)CCN4[C@H](C)C3)ccc(C#N)c2n1. The van der Waals surface area contributed by atoms with Crippen molar-refractivity contribution in [1.29, 1.82) is 15.8 Å². The molecule has 121 heavy (non-hydrogen) atoms. The van der Waals surface area contributed by atoms with Gasteiger partial charge in [0.25, 0.3) is 0 Å². The minimum absolute atomic E-state index is 0.105. The van der Waals surface area contributed by atoms with Gasteiger partial charge in [0.15, 0.2) is 0 Å². The van der Waals surface area contributed by atoms with Gasteiger partial charge in [-0.15, -0.1) is 0 Å². The number of hydrogen-bond acceptors (Lipinski definition) is 26. The van der Waals surface area contributed by atoms with E-state index in [9.17, 15) is 20.8 Å². The number of nitriles is 3. The van der Waals surface area contributed by atoms with Crippen molar-refractivity contribution in [3.05, 3.63) is 183 Å². The molecule has 3 aromatic carbocycles. The van der Waals surface area contributed by atoms with Crippen LogP contribution in [0.25, 0.3) is 32.7 Å². The molecule has 9 aromatic rings. The number of aryl methyl sites for hydroxylation is 3. The third kappa shape index (κ3) is 20.0. The van der Waals surface area contributed by atoms with Gasteiger partial charge in [-0.3, -0.25) is 44.4 Å². The Balaban J connectivity index is 0.000000137. The second kappa shape index (κ2) is 37.4. The first-order valence-corrected chi connectivity index (χ1v) is 43.8. The van der Waals surface area contributed by atoms with E-state index in [0.29, 0.717) is 74.6 Å². The van der Waals surface area contributed by atoms with E-state index in [1.54, 1.807) is 31.8 Å². The molecule has 26 nitrogen and oxygen atoms in total. The highest BCUT2D eigenvalue weighted by atomic mass is 35.5. The number of piperazine rings is 6. The van der Waals surface area contributed by atoms with Gasteiger partial charge in [0.2, 0.25) is 0 Å². The fraction of sp³-hybridized carbons (Fsp3) is 0.511. The van der Waals surface area contributed by atoms with E-state index in [-0.39, 0.29) is 35.1 Å². The van der Waals surface area contributed by atoms with Gasteiger partial charge in [-0.2, -0.15) is 15.8 Å². The molecule has 7 N–H and O–H groups in total. The largest absolute Gasteiger partial charge is 0.437 e. The van der Waals surface area contributed by atoms with Crippen LogP contribution in [-0.4, -0.2) is 274 Å². The summed E-state index contributed by atoms with van der Waals surface area (Å²) in [7, 11) is -0.922. The van der Waals surface area contributed by atoms with E-state index in [1.807, 2.05) is 55.5 Å². The zero-order valence-corrected chi connectivity index (χ0v) is 73.2. The molecule has 0 unspecified atom stereocenters. The molecule has 634 valence electrons. The highest BCUT2D eigenvalue weighted by Crippen LogP contribution is 2.38. The highest BCUT2D eigenvalue weighted by molar-refractivity contribution is 6.46. The van der Waals surface area contributed by atoms with Crippen LogP contribution < -0.4 is 46.0 Å². The van der Waals surface area contributed by atoms with Gasteiger partial charge < -0.3 is 56.1 Å². The normalized spacial score (nSPS) is 25.8. The molecule has 9 atom stereocenters. The van der Waals surface area contributed by atoms with Gasteiger partial charge >= 0.3 is 14.1 Å². The van der Waals surface area contributed by atoms with Crippen LogP contribution in [0.15, 0.2) is 128 Å². The molecule has 0 spiro atoms. The van der Waals surface area contributed by atoms with Crippen LogP contribution in [-0.2, 0) is 19.6 Å². The van der Waals surface area contributed by atoms with E-state index in [0.717, 1.165) is 238 Å². The Kier molecular flexibility index (Phi) is 25.6. The fourth-order valence-corrected chi connectivity index (χ4v) is 20.6. The molecule has 6 aromatic heterocycles. The number of nitrogens with one attached hydrogen (secondary N) is 3. The summed E-state index contributed by atoms with van der Waals surface area (Å²) in [5.74, 6) is 2.05. The summed E-state index contributed by atoms with van der Waals surface area (Å²) in [6.45, 7) is 46.2. The van der Waals surface area contributed by atoms with Crippen molar-refractivity contribution in [2.24, 2.45) is 5.73 Å². The standard InChI is InChI=1S/C31H41BN8O.C30H38N8.C25H27ClN6.C6H15BN2O/c1-22-17-39(28-9-7-24(16-33)30-27(28)6-5-12-34-30)20-26-19-37(14-15-40(22)26)18-25-8-10-29(35-23(25)2)38-13-11-31(3,21-38)36-32(4)41;1-21-16-37(27-8-6-23(15-31)29-26(27)5-4-11-33-29)19-25-18-35(13-14-38(21)25)17-24-7-9-28(34-22(24)2)36-12-10-30(3,32)20-36;1-17-13-31(23-7-5-19(12-27)25-22(23)4-3-9-28-25)16-21-15-30(10-11-32(17)21)14-20-6-8-24(26)29-18(20)2;1-6(9-7(2)10)3-4-8-5-6/h5-10,12,22,26,36,41H,11,13-15,17-21H2,1-4H3;4-9,11,21,25H,10,12-14,16-20,32H2,1-3H3;3-9,17,21H,10-11,13-16H2,1-2H3;8-10H,3-5H2,1-2H3/t22-,26+,31-;21-,25+,30-;17-,21+;6-/m1111/s1/i12D;11D;9D;. The summed E-state index contributed by atoms with van der Waals surface area (Å²) >= 11 is 6.04. The molecule has 18 rings (SSSR count). The summed E-state index contributed by atoms with van der Waals surface area (Å²) in [6, 6.07) is 44.6. The Morgan fingerprint density at radius 2 is 0.860 bits per heavy atom. The van der Waals surface area contributed by atoms with Gasteiger partial charge in [-0.25, -0.2) is 15.0 Å². The number of benzene rings is 3. The van der Waals surface area contributed by atoms with E-state index in [2.05, 4.69) is 206 Å². The first kappa shape index (κ1) is 82.7. The molecule has 0 aliphatic carbocycles. The maximum absolute atomic E-state index is 9.83. The summed E-state index contributed by atoms with van der Waals surface area (Å²) < 4.78 is 23.8. The van der Waals surface area contributed by atoms with Gasteiger partial charge in [0.1, 0.15) is 35.0 Å².